The number of halogens is 1. The molecule has 1 aliphatic heterocycles. The van der Waals surface area contributed by atoms with Crippen LogP contribution in [0.15, 0.2) is 24.5 Å². The molecule has 1 unspecified atom stereocenters. The lowest BCUT2D eigenvalue weighted by molar-refractivity contribution is -0.145. The predicted molar refractivity (Wildman–Crippen MR) is 148 cm³/mol. The van der Waals surface area contributed by atoms with Crippen LogP contribution in [0.5, 0.6) is 0 Å². The molecule has 0 radical (unpaired) electrons. The summed E-state index contributed by atoms with van der Waals surface area (Å²) in [4.78, 5) is 36.9. The zero-order chi connectivity index (χ0) is 30.2. The first kappa shape index (κ1) is 32.5. The van der Waals surface area contributed by atoms with Crippen LogP contribution in [0, 0.1) is 0 Å². The minimum absolute atomic E-state index is 0.0990. The van der Waals surface area contributed by atoms with Crippen LogP contribution in [0.25, 0.3) is 11.2 Å². The molecule has 0 bridgehead atoms. The summed E-state index contributed by atoms with van der Waals surface area (Å²) in [5, 5.41) is 16.0. The Kier molecular flexibility index (Phi) is 11.7. The van der Waals surface area contributed by atoms with Crippen molar-refractivity contribution in [1.29, 1.82) is 0 Å². The molecular formula is C25H39FN7O7P. The number of carbonyl (C=O) groups is 2. The van der Waals surface area contributed by atoms with E-state index in [0.717, 1.165) is 18.7 Å². The number of nitrogens with zero attached hydrogens (tertiary/aromatic N) is 4. The van der Waals surface area contributed by atoms with Crippen molar-refractivity contribution in [3.63, 3.8) is 0 Å². The molecule has 0 aliphatic carbocycles. The van der Waals surface area contributed by atoms with Gasteiger partial charge in [0.15, 0.2) is 23.9 Å². The fraction of sp³-hybridized carbons (Fsp3) is 0.640. The van der Waals surface area contributed by atoms with E-state index in [0.29, 0.717) is 12.8 Å². The number of esters is 2. The molecule has 6 atom stereocenters. The molecule has 0 aromatic carbocycles. The van der Waals surface area contributed by atoms with Gasteiger partial charge in [0.05, 0.1) is 19.5 Å². The smallest absolute Gasteiger partial charge is 0.323 e. The van der Waals surface area contributed by atoms with Gasteiger partial charge in [0, 0.05) is 5.82 Å². The van der Waals surface area contributed by atoms with Gasteiger partial charge in [0.2, 0.25) is 7.44 Å². The number of alkyl halides is 1. The predicted octanol–water partition coefficient (Wildman–Crippen LogP) is 2.35. The lowest BCUT2D eigenvalue weighted by atomic mass is 10.1. The van der Waals surface area contributed by atoms with Crippen molar-refractivity contribution in [2.45, 2.75) is 90.1 Å². The van der Waals surface area contributed by atoms with Gasteiger partial charge in [0.1, 0.15) is 36.1 Å². The molecule has 41 heavy (non-hydrogen) atoms. The van der Waals surface area contributed by atoms with Crippen LogP contribution in [0.2, 0.25) is 0 Å². The average Bonchev–Trinajstić information content (AvgIpc) is 3.49. The Hall–Kier alpha value is -2.97. The summed E-state index contributed by atoms with van der Waals surface area (Å²) in [7, 11) is -3.89. The molecule has 14 nitrogen and oxygen atoms in total. The van der Waals surface area contributed by atoms with Crippen LogP contribution in [0.3, 0.4) is 0 Å². The number of aliphatic hydroxyl groups excluding tert-OH is 1. The molecule has 1 fully saturated rings. The number of unbranched alkanes of at least 4 members (excludes halogenated alkanes) is 2. The number of carbonyl (C=O) groups excluding carboxylic acids is 2. The van der Waals surface area contributed by atoms with Gasteiger partial charge in [-0.2, -0.15) is 0 Å². The molecule has 1 aliphatic rings. The summed E-state index contributed by atoms with van der Waals surface area (Å²) in [6.07, 6.45) is 0.555. The molecule has 0 spiro atoms. The lowest BCUT2D eigenvalue weighted by Crippen LogP contribution is -2.41. The van der Waals surface area contributed by atoms with Crippen LogP contribution in [0.4, 0.5) is 10.2 Å². The SMILES string of the molecule is CCCCOC(=O)[C@H](C)NP(=O)(/C=C/C1O[C@@H](n2cnc3c(N)ncnc32)[C@@H](F)[C@@H]1O)N[C@@H](C)C(=O)OCCCC. The highest BCUT2D eigenvalue weighted by molar-refractivity contribution is 7.63. The van der Waals surface area contributed by atoms with Crippen molar-refractivity contribution in [1.82, 2.24) is 29.7 Å². The molecule has 3 heterocycles. The quantitative estimate of drug-likeness (QED) is 0.133. The van der Waals surface area contributed by atoms with E-state index in [-0.39, 0.29) is 30.2 Å². The topological polar surface area (TPSA) is 193 Å². The van der Waals surface area contributed by atoms with E-state index in [1.165, 1.54) is 37.1 Å². The normalized spacial score (nSPS) is 22.7. The first-order chi connectivity index (χ1) is 19.5. The van der Waals surface area contributed by atoms with Gasteiger partial charge in [0.25, 0.3) is 0 Å². The van der Waals surface area contributed by atoms with Crippen LogP contribution in [0.1, 0.15) is 59.6 Å². The number of rotatable bonds is 15. The third kappa shape index (κ3) is 8.29. The molecule has 2 aromatic heterocycles. The van der Waals surface area contributed by atoms with Crippen LogP contribution >= 0.6 is 7.44 Å². The van der Waals surface area contributed by atoms with E-state index in [2.05, 4.69) is 25.1 Å². The zero-order valence-corrected chi connectivity index (χ0v) is 24.5. The van der Waals surface area contributed by atoms with Gasteiger partial charge in [-0.1, -0.05) is 26.7 Å². The van der Waals surface area contributed by atoms with Crippen molar-refractivity contribution in [3.05, 3.63) is 24.5 Å². The molecular weight excluding hydrogens is 560 g/mol. The maximum Gasteiger partial charge on any atom is 0.323 e. The molecule has 0 saturated carbocycles. The Morgan fingerprint density at radius 3 is 2.29 bits per heavy atom. The fourth-order valence-electron chi connectivity index (χ4n) is 4.00. The summed E-state index contributed by atoms with van der Waals surface area (Å²) in [5.41, 5.74) is 6.26. The largest absolute Gasteiger partial charge is 0.465 e. The number of aromatic nitrogens is 4. The van der Waals surface area contributed by atoms with Crippen LogP contribution in [-0.4, -0.2) is 80.2 Å². The maximum atomic E-state index is 15.2. The van der Waals surface area contributed by atoms with Crippen molar-refractivity contribution >= 4 is 36.4 Å². The Morgan fingerprint density at radius 2 is 1.73 bits per heavy atom. The third-order valence-corrected chi connectivity index (χ3v) is 8.47. The van der Waals surface area contributed by atoms with E-state index in [1.807, 2.05) is 13.8 Å². The van der Waals surface area contributed by atoms with Gasteiger partial charge in [-0.25, -0.2) is 29.5 Å². The number of fused-ring (bicyclic) bond motifs is 1. The number of hydrogen-bond donors (Lipinski definition) is 4. The molecule has 0 amide bonds. The van der Waals surface area contributed by atoms with E-state index >= 15 is 4.39 Å². The summed E-state index contributed by atoms with van der Waals surface area (Å²) in [6.45, 7) is 7.24. The average molecular weight is 600 g/mol. The second-order valence-electron chi connectivity index (χ2n) is 9.75. The number of ether oxygens (including phenoxy) is 3. The molecule has 2 aromatic rings. The summed E-state index contributed by atoms with van der Waals surface area (Å²) >= 11 is 0. The van der Waals surface area contributed by atoms with Crippen molar-refractivity contribution in [2.24, 2.45) is 0 Å². The number of nitrogens with one attached hydrogen (secondary N) is 2. The minimum Gasteiger partial charge on any atom is -0.465 e. The van der Waals surface area contributed by atoms with Gasteiger partial charge in [-0.3, -0.25) is 18.7 Å². The Bertz CT molecular complexity index is 1230. The molecule has 3 rings (SSSR count). The molecule has 228 valence electrons. The summed E-state index contributed by atoms with van der Waals surface area (Å²) in [6, 6.07) is -2.06. The first-order valence-corrected chi connectivity index (χ1v) is 15.4. The third-order valence-electron chi connectivity index (χ3n) is 6.34. The standard InChI is InChI=1S/C25H39FN7O7P/c1-5-7-10-38-24(35)15(3)31-41(37,32-16(4)25(36)39-11-8-6-2)12-9-17-20(34)18(26)23(40-17)33-14-30-19-21(27)28-13-29-22(19)33/h9,12-18,20,23,34H,5-8,10-11H2,1-4H3,(H2,27,28,29)(H2,31,32,37)/b12-9+/t15-,16-,17?,18-,20+,23+/m0/s1. The molecule has 5 N–H and O–H groups in total. The van der Waals surface area contributed by atoms with E-state index in [4.69, 9.17) is 19.9 Å². The number of aliphatic hydroxyl groups is 1. The second-order valence-corrected chi connectivity index (χ2v) is 11.9. The molecule has 1 saturated heterocycles. The number of imidazole rings is 1. The lowest BCUT2D eigenvalue weighted by Gasteiger charge is -2.24. The highest BCUT2D eigenvalue weighted by Crippen LogP contribution is 2.42. The fourth-order valence-corrected chi connectivity index (χ4v) is 6.02. The number of nitrogen functional groups attached to an aromatic ring is 1. The van der Waals surface area contributed by atoms with Gasteiger partial charge >= 0.3 is 11.9 Å². The monoisotopic (exact) mass is 599 g/mol. The van der Waals surface area contributed by atoms with Gasteiger partial charge in [-0.15, -0.1) is 0 Å². The molecule has 16 heteroatoms. The number of anilines is 1. The summed E-state index contributed by atoms with van der Waals surface area (Å²) < 4.78 is 46.6. The van der Waals surface area contributed by atoms with Crippen molar-refractivity contribution in [2.75, 3.05) is 18.9 Å². The Morgan fingerprint density at radius 1 is 1.15 bits per heavy atom. The first-order valence-electron chi connectivity index (χ1n) is 13.6. The number of nitrogens with two attached hydrogens (primary N) is 1. The minimum atomic E-state index is -3.89. The van der Waals surface area contributed by atoms with Gasteiger partial charge < -0.3 is 25.1 Å². The van der Waals surface area contributed by atoms with E-state index in [9.17, 15) is 19.3 Å². The maximum absolute atomic E-state index is 15.2. The highest BCUT2D eigenvalue weighted by Gasteiger charge is 2.45. The van der Waals surface area contributed by atoms with Gasteiger partial charge in [-0.05, 0) is 32.8 Å². The van der Waals surface area contributed by atoms with Crippen LogP contribution in [-0.2, 0) is 28.4 Å². The van der Waals surface area contributed by atoms with E-state index in [1.54, 1.807) is 0 Å². The Labute approximate surface area is 237 Å². The van der Waals surface area contributed by atoms with Crippen molar-refractivity contribution in [3.8, 4) is 0 Å². The Balaban J connectivity index is 1.80. The van der Waals surface area contributed by atoms with Crippen molar-refractivity contribution < 1.29 is 37.9 Å². The number of hydrogen-bond acceptors (Lipinski definition) is 11. The van der Waals surface area contributed by atoms with E-state index < -0.39 is 56.1 Å². The zero-order valence-electron chi connectivity index (χ0n) is 23.6. The highest BCUT2D eigenvalue weighted by atomic mass is 31.2. The van der Waals surface area contributed by atoms with Crippen LogP contribution < -0.4 is 15.9 Å². The second kappa shape index (κ2) is 14.8. The summed E-state index contributed by atoms with van der Waals surface area (Å²) in [5.74, 6) is -0.0436.